The molecule has 1 heterocycles. The molecule has 7 heteroatoms. The summed E-state index contributed by atoms with van der Waals surface area (Å²) < 4.78 is 16.0. The highest BCUT2D eigenvalue weighted by atomic mass is 32.1. The molecule has 0 aromatic heterocycles. The van der Waals surface area contributed by atoms with Crippen LogP contribution < -0.4 is 24.4 Å². The number of thiocarbonyl (C=S) groups is 1. The second-order valence-electron chi connectivity index (χ2n) is 5.92. The first-order chi connectivity index (χ1) is 13.0. The lowest BCUT2D eigenvalue weighted by Gasteiger charge is -2.14. The van der Waals surface area contributed by atoms with Gasteiger partial charge in [0.15, 0.2) is 16.6 Å². The van der Waals surface area contributed by atoms with Crippen molar-refractivity contribution >= 4 is 35.0 Å². The Balaban J connectivity index is 1.97. The quantitative estimate of drug-likeness (QED) is 0.631. The number of nitrogens with zero attached hydrogens (tertiary/aromatic N) is 1. The first-order valence-corrected chi connectivity index (χ1v) is 8.63. The maximum absolute atomic E-state index is 12.9. The van der Waals surface area contributed by atoms with Crippen LogP contribution in [-0.4, -0.2) is 32.3 Å². The number of methoxy groups -OCH3 is 3. The Kier molecular flexibility index (Phi) is 5.32. The highest BCUT2D eigenvalue weighted by molar-refractivity contribution is 7.80. The number of hydrogen-bond acceptors (Lipinski definition) is 5. The fourth-order valence-corrected chi connectivity index (χ4v) is 3.11. The van der Waals surface area contributed by atoms with E-state index in [1.807, 2.05) is 31.2 Å². The van der Waals surface area contributed by atoms with Crippen molar-refractivity contribution in [1.82, 2.24) is 5.32 Å². The number of aryl methyl sites for hydroxylation is 1. The molecule has 0 radical (unpaired) electrons. The summed E-state index contributed by atoms with van der Waals surface area (Å²) in [4.78, 5) is 14.3. The van der Waals surface area contributed by atoms with Crippen LogP contribution in [0.5, 0.6) is 17.2 Å². The molecule has 1 aliphatic heterocycles. The van der Waals surface area contributed by atoms with Crippen molar-refractivity contribution in [2.45, 2.75) is 6.92 Å². The second-order valence-corrected chi connectivity index (χ2v) is 6.31. The van der Waals surface area contributed by atoms with Gasteiger partial charge in [-0.2, -0.15) is 0 Å². The molecule has 2 aromatic rings. The zero-order chi connectivity index (χ0) is 19.6. The molecule has 0 unspecified atom stereocenters. The Hall–Kier alpha value is -3.06. The van der Waals surface area contributed by atoms with Crippen molar-refractivity contribution in [2.24, 2.45) is 0 Å². The summed E-state index contributed by atoms with van der Waals surface area (Å²) in [5, 5.41) is 3.31. The van der Waals surface area contributed by atoms with Crippen LogP contribution in [0.15, 0.2) is 42.1 Å². The normalized spacial score (nSPS) is 15.1. The van der Waals surface area contributed by atoms with E-state index in [1.54, 1.807) is 39.5 Å². The van der Waals surface area contributed by atoms with Gasteiger partial charge in [-0.25, -0.2) is 0 Å². The molecule has 0 spiro atoms. The third-order valence-electron chi connectivity index (χ3n) is 4.17. The zero-order valence-corrected chi connectivity index (χ0v) is 16.3. The largest absolute Gasteiger partial charge is 0.493 e. The van der Waals surface area contributed by atoms with Gasteiger partial charge in [0, 0.05) is 0 Å². The van der Waals surface area contributed by atoms with Crippen molar-refractivity contribution in [1.29, 1.82) is 0 Å². The number of amides is 1. The molecule has 1 amide bonds. The SMILES string of the molecule is COc1cc(C=C2NC(=S)N(c3ccc(C)cc3)C2=O)cc(OC)c1OC. The predicted molar refractivity (Wildman–Crippen MR) is 108 cm³/mol. The van der Waals surface area contributed by atoms with Gasteiger partial charge in [-0.15, -0.1) is 0 Å². The summed E-state index contributed by atoms with van der Waals surface area (Å²) in [7, 11) is 4.63. The van der Waals surface area contributed by atoms with Crippen LogP contribution in [0.3, 0.4) is 0 Å². The molecule has 1 N–H and O–H groups in total. The number of rotatable bonds is 5. The Morgan fingerprint density at radius 3 is 2.11 bits per heavy atom. The number of benzene rings is 2. The van der Waals surface area contributed by atoms with Crippen LogP contribution in [0.25, 0.3) is 6.08 Å². The van der Waals surface area contributed by atoms with Gasteiger partial charge in [0.1, 0.15) is 5.70 Å². The summed E-state index contributed by atoms with van der Waals surface area (Å²) in [6, 6.07) is 11.1. The van der Waals surface area contributed by atoms with Crippen molar-refractivity contribution in [3.63, 3.8) is 0 Å². The van der Waals surface area contributed by atoms with Gasteiger partial charge >= 0.3 is 0 Å². The van der Waals surface area contributed by atoms with E-state index in [0.717, 1.165) is 11.3 Å². The van der Waals surface area contributed by atoms with E-state index in [-0.39, 0.29) is 5.91 Å². The van der Waals surface area contributed by atoms with E-state index >= 15 is 0 Å². The molecule has 6 nitrogen and oxygen atoms in total. The average Bonchev–Trinajstić information content (AvgIpc) is 2.95. The van der Waals surface area contributed by atoms with Crippen LogP contribution in [-0.2, 0) is 4.79 Å². The molecule has 0 saturated carbocycles. The molecule has 0 aliphatic carbocycles. The van der Waals surface area contributed by atoms with Gasteiger partial charge < -0.3 is 19.5 Å². The lowest BCUT2D eigenvalue weighted by atomic mass is 10.1. The number of hydrogen-bond donors (Lipinski definition) is 1. The summed E-state index contributed by atoms with van der Waals surface area (Å²) in [5.74, 6) is 1.28. The van der Waals surface area contributed by atoms with E-state index in [4.69, 9.17) is 26.4 Å². The van der Waals surface area contributed by atoms with Gasteiger partial charge in [0.05, 0.1) is 27.0 Å². The highest BCUT2D eigenvalue weighted by Crippen LogP contribution is 2.39. The monoisotopic (exact) mass is 384 g/mol. The summed E-state index contributed by atoms with van der Waals surface area (Å²) in [5.41, 5.74) is 2.91. The molecule has 1 aliphatic rings. The molecule has 3 rings (SSSR count). The number of anilines is 1. The topological polar surface area (TPSA) is 60.0 Å². The maximum atomic E-state index is 12.9. The smallest absolute Gasteiger partial charge is 0.281 e. The van der Waals surface area contributed by atoms with E-state index in [2.05, 4.69) is 5.32 Å². The molecule has 0 bridgehead atoms. The van der Waals surface area contributed by atoms with Gasteiger partial charge in [-0.05, 0) is 55.0 Å². The molecular weight excluding hydrogens is 364 g/mol. The van der Waals surface area contributed by atoms with E-state index in [1.165, 1.54) is 4.90 Å². The van der Waals surface area contributed by atoms with Crippen LogP contribution in [0.1, 0.15) is 11.1 Å². The first kappa shape index (κ1) is 18.7. The van der Waals surface area contributed by atoms with E-state index in [9.17, 15) is 4.79 Å². The van der Waals surface area contributed by atoms with Crippen LogP contribution in [0.2, 0.25) is 0 Å². The van der Waals surface area contributed by atoms with Gasteiger partial charge in [0.25, 0.3) is 5.91 Å². The standard InChI is InChI=1S/C20H20N2O4S/c1-12-5-7-14(8-6-12)22-19(23)15(21-20(22)27)9-13-10-16(24-2)18(26-4)17(11-13)25-3/h5-11H,1-4H3,(H,21,27). The molecular formula is C20H20N2O4S. The second kappa shape index (κ2) is 7.67. The predicted octanol–water partition coefficient (Wildman–Crippen LogP) is 3.28. The molecule has 27 heavy (non-hydrogen) atoms. The summed E-state index contributed by atoms with van der Waals surface area (Å²) in [6.07, 6.45) is 1.70. The Labute approximate surface area is 163 Å². The minimum Gasteiger partial charge on any atom is -0.493 e. The molecule has 0 atom stereocenters. The fraction of sp³-hybridized carbons (Fsp3) is 0.200. The lowest BCUT2D eigenvalue weighted by molar-refractivity contribution is -0.113. The molecule has 1 fully saturated rings. The first-order valence-electron chi connectivity index (χ1n) is 8.22. The van der Waals surface area contributed by atoms with Gasteiger partial charge in [-0.1, -0.05) is 17.7 Å². The summed E-state index contributed by atoms with van der Waals surface area (Å²) >= 11 is 5.35. The average molecular weight is 384 g/mol. The molecule has 2 aromatic carbocycles. The van der Waals surface area contributed by atoms with Crippen LogP contribution in [0, 0.1) is 6.92 Å². The van der Waals surface area contributed by atoms with Crippen molar-refractivity contribution in [3.8, 4) is 17.2 Å². The third kappa shape index (κ3) is 3.59. The van der Waals surface area contributed by atoms with Gasteiger partial charge in [0.2, 0.25) is 5.75 Å². The van der Waals surface area contributed by atoms with Crippen molar-refractivity contribution in [3.05, 3.63) is 53.2 Å². The Morgan fingerprint density at radius 2 is 1.59 bits per heavy atom. The number of carbonyl (C=O) groups is 1. The zero-order valence-electron chi connectivity index (χ0n) is 15.5. The minimum atomic E-state index is -0.224. The number of nitrogens with one attached hydrogen (secondary N) is 1. The minimum absolute atomic E-state index is 0.224. The summed E-state index contributed by atoms with van der Waals surface area (Å²) in [6.45, 7) is 1.99. The molecule has 1 saturated heterocycles. The fourth-order valence-electron chi connectivity index (χ4n) is 2.81. The van der Waals surface area contributed by atoms with Crippen molar-refractivity contribution in [2.75, 3.05) is 26.2 Å². The van der Waals surface area contributed by atoms with Crippen molar-refractivity contribution < 1.29 is 19.0 Å². The van der Waals surface area contributed by atoms with E-state index in [0.29, 0.717) is 33.6 Å². The third-order valence-corrected chi connectivity index (χ3v) is 4.45. The maximum Gasteiger partial charge on any atom is 0.281 e. The Morgan fingerprint density at radius 1 is 1.00 bits per heavy atom. The van der Waals surface area contributed by atoms with Gasteiger partial charge in [-0.3, -0.25) is 9.69 Å². The highest BCUT2D eigenvalue weighted by Gasteiger charge is 2.32. The molecule has 140 valence electrons. The van der Waals surface area contributed by atoms with Crippen LogP contribution in [0.4, 0.5) is 5.69 Å². The van der Waals surface area contributed by atoms with E-state index < -0.39 is 0 Å². The number of ether oxygens (including phenoxy) is 3. The lowest BCUT2D eigenvalue weighted by Crippen LogP contribution is -2.30. The van der Waals surface area contributed by atoms with Crippen LogP contribution >= 0.6 is 12.2 Å². The Bertz CT molecular complexity index is 897. The number of carbonyl (C=O) groups excluding carboxylic acids is 1.